The molecule has 272 valence electrons. The van der Waals surface area contributed by atoms with E-state index in [1.165, 1.54) is 11.3 Å². The number of hydrogen-bond acceptors (Lipinski definition) is 10. The van der Waals surface area contributed by atoms with Crippen molar-refractivity contribution in [1.82, 2.24) is 0 Å². The molecule has 0 aliphatic heterocycles. The number of nitriles is 2. The molecule has 0 atom stereocenters. The molecular weight excluding hydrogens is 639 g/mol. The molecule has 1 aromatic heterocycles. The third-order valence-electron chi connectivity index (χ3n) is 10.3. The monoisotopic (exact) mass is 699 g/mol. The lowest BCUT2D eigenvalue weighted by Crippen LogP contribution is -2.49. The van der Waals surface area contributed by atoms with Gasteiger partial charge in [-0.1, -0.05) is 0 Å². The van der Waals surface area contributed by atoms with Gasteiger partial charge in [-0.05, 0) is 72.6 Å². The predicted molar refractivity (Wildman–Crippen MR) is 199 cm³/mol. The van der Waals surface area contributed by atoms with Crippen LogP contribution in [0.15, 0.2) is 22.4 Å². The summed E-state index contributed by atoms with van der Waals surface area (Å²) in [7, 11) is 1.65. The number of hydrogen-bond donors (Lipinski definition) is 0. The molecule has 0 N–H and O–H groups in total. The third kappa shape index (κ3) is 12.0. The molecule has 0 saturated carbocycles. The molecular formula is C37H61N7O4S+2. The number of quaternary nitrogens is 2. The first-order valence-corrected chi connectivity index (χ1v) is 18.7. The Morgan fingerprint density at radius 2 is 1.22 bits per heavy atom. The minimum atomic E-state index is 0.381. The Hall–Kier alpha value is -3.10. The van der Waals surface area contributed by atoms with Crippen molar-refractivity contribution < 1.29 is 27.9 Å². The first-order valence-electron chi connectivity index (χ1n) is 17.9. The molecule has 11 nitrogen and oxygen atoms in total. The van der Waals surface area contributed by atoms with E-state index in [1.807, 2.05) is 13.0 Å². The predicted octanol–water partition coefficient (Wildman–Crippen LogP) is 7.14. The third-order valence-corrected chi connectivity index (χ3v) is 11.3. The molecule has 12 heteroatoms. The van der Waals surface area contributed by atoms with E-state index in [0.29, 0.717) is 78.6 Å². The van der Waals surface area contributed by atoms with Crippen LogP contribution >= 0.6 is 11.3 Å². The molecule has 0 fully saturated rings. The Balaban J connectivity index is 2.15. The molecule has 0 radical (unpaired) electrons. The van der Waals surface area contributed by atoms with Crippen LogP contribution in [-0.4, -0.2) is 121 Å². The Morgan fingerprint density at radius 1 is 0.714 bits per heavy atom. The van der Waals surface area contributed by atoms with Crippen molar-refractivity contribution in [3.8, 4) is 17.9 Å². The second-order valence-electron chi connectivity index (χ2n) is 12.3. The topological polar surface area (TPSA) is 112 Å². The van der Waals surface area contributed by atoms with Crippen LogP contribution in [0.5, 0.6) is 5.75 Å². The average Bonchev–Trinajstić information content (AvgIpc) is 3.45. The van der Waals surface area contributed by atoms with Crippen LogP contribution in [0.1, 0.15) is 63.1 Å². The number of likely N-dealkylation sites (N-methyl/N-ethyl adjacent to an activating group) is 2. The largest absolute Gasteiger partial charge is 0.495 e. The fourth-order valence-corrected chi connectivity index (χ4v) is 6.90. The number of rotatable bonds is 25. The molecule has 0 aliphatic rings. The van der Waals surface area contributed by atoms with Crippen molar-refractivity contribution >= 4 is 27.7 Å². The van der Waals surface area contributed by atoms with Crippen LogP contribution in [0.4, 0.5) is 16.4 Å². The second kappa shape index (κ2) is 21.9. The number of anilines is 1. The SMILES string of the molecule is CC[N+](CC)(CC)CCOCCOCCN(CCOCC[N+](CC)(CC)CC)c1cc(C)c(N=Nc2sc(C#N)c(C)c2C#N)cc1OC. The lowest BCUT2D eigenvalue weighted by Gasteiger charge is -2.35. The molecule has 0 bridgehead atoms. The van der Waals surface area contributed by atoms with Gasteiger partial charge in [-0.25, -0.2) is 0 Å². The first-order chi connectivity index (χ1) is 23.7. The summed E-state index contributed by atoms with van der Waals surface area (Å²) in [5.74, 6) is 0.659. The van der Waals surface area contributed by atoms with Gasteiger partial charge in [0.15, 0.2) is 5.00 Å². The molecule has 49 heavy (non-hydrogen) atoms. The Labute approximate surface area is 299 Å². The average molecular weight is 700 g/mol. The highest BCUT2D eigenvalue weighted by Gasteiger charge is 2.22. The van der Waals surface area contributed by atoms with E-state index < -0.39 is 0 Å². The van der Waals surface area contributed by atoms with E-state index in [4.69, 9.17) is 18.9 Å². The van der Waals surface area contributed by atoms with E-state index in [9.17, 15) is 10.5 Å². The summed E-state index contributed by atoms with van der Waals surface area (Å²) in [6.45, 7) is 30.9. The molecule has 2 aromatic rings. The molecule has 2 rings (SSSR count). The van der Waals surface area contributed by atoms with Gasteiger partial charge in [-0.2, -0.15) is 10.5 Å². The normalized spacial score (nSPS) is 12.0. The van der Waals surface area contributed by atoms with Gasteiger partial charge in [0.2, 0.25) is 0 Å². The quantitative estimate of drug-likeness (QED) is 0.0615. The van der Waals surface area contributed by atoms with E-state index in [1.54, 1.807) is 14.0 Å². The maximum Gasteiger partial charge on any atom is 0.158 e. The summed E-state index contributed by atoms with van der Waals surface area (Å²) in [6, 6.07) is 8.21. The molecule has 0 spiro atoms. The number of thiophene rings is 1. The number of benzene rings is 1. The maximum absolute atomic E-state index is 9.61. The Morgan fingerprint density at radius 3 is 1.69 bits per heavy atom. The lowest BCUT2D eigenvalue weighted by molar-refractivity contribution is -0.923. The van der Waals surface area contributed by atoms with Gasteiger partial charge < -0.3 is 32.8 Å². The molecule has 0 aliphatic carbocycles. The van der Waals surface area contributed by atoms with Crippen LogP contribution in [-0.2, 0) is 14.2 Å². The van der Waals surface area contributed by atoms with E-state index in [0.717, 1.165) is 79.2 Å². The minimum Gasteiger partial charge on any atom is -0.495 e. The number of nitrogens with zero attached hydrogens (tertiary/aromatic N) is 7. The molecule has 1 heterocycles. The van der Waals surface area contributed by atoms with Gasteiger partial charge in [0.05, 0.1) is 103 Å². The van der Waals surface area contributed by atoms with Crippen LogP contribution in [0.3, 0.4) is 0 Å². The minimum absolute atomic E-state index is 0.381. The van der Waals surface area contributed by atoms with E-state index in [-0.39, 0.29) is 0 Å². The van der Waals surface area contributed by atoms with E-state index in [2.05, 4.69) is 74.9 Å². The van der Waals surface area contributed by atoms with Crippen molar-refractivity contribution in [2.24, 2.45) is 10.2 Å². The van der Waals surface area contributed by atoms with Crippen LogP contribution in [0.2, 0.25) is 0 Å². The zero-order valence-electron chi connectivity index (χ0n) is 31.6. The zero-order valence-corrected chi connectivity index (χ0v) is 32.5. The standard InChI is InChI=1S/C37H61N7O4S/c1-10-43(11-2,12-3)18-22-46-20-16-42(17-21-47-24-25-48-23-19-44(13-4,14-5)15-6)34-26-30(7)33(27-35(34)45-9)40-41-37-32(28-38)31(8)36(29-39)49-37/h26-27H,10-25H2,1-9H3/q+2. The van der Waals surface area contributed by atoms with Crippen molar-refractivity contribution in [3.63, 3.8) is 0 Å². The Bertz CT molecular complexity index is 1370. The van der Waals surface area contributed by atoms with Crippen molar-refractivity contribution in [2.75, 3.05) is 117 Å². The molecule has 1 aromatic carbocycles. The molecule has 0 amide bonds. The summed E-state index contributed by atoms with van der Waals surface area (Å²) in [6.07, 6.45) is 0. The fraction of sp³-hybridized carbons (Fsp3) is 0.676. The lowest BCUT2D eigenvalue weighted by atomic mass is 10.1. The van der Waals surface area contributed by atoms with Crippen LogP contribution in [0, 0.1) is 36.5 Å². The highest BCUT2D eigenvalue weighted by atomic mass is 32.1. The highest BCUT2D eigenvalue weighted by Crippen LogP contribution is 2.38. The van der Waals surface area contributed by atoms with E-state index >= 15 is 0 Å². The van der Waals surface area contributed by atoms with Crippen molar-refractivity contribution in [1.29, 1.82) is 10.5 Å². The number of ether oxygens (including phenoxy) is 4. The van der Waals surface area contributed by atoms with Crippen LogP contribution in [0.25, 0.3) is 0 Å². The first kappa shape index (κ1) is 42.1. The number of methoxy groups -OCH3 is 1. The summed E-state index contributed by atoms with van der Waals surface area (Å²) < 4.78 is 26.1. The van der Waals surface area contributed by atoms with Gasteiger partial charge in [-0.15, -0.1) is 21.6 Å². The van der Waals surface area contributed by atoms with Gasteiger partial charge >= 0.3 is 0 Å². The van der Waals surface area contributed by atoms with Gasteiger partial charge in [0, 0.05) is 19.2 Å². The van der Waals surface area contributed by atoms with Crippen molar-refractivity contribution in [2.45, 2.75) is 55.4 Å². The Kier molecular flexibility index (Phi) is 18.8. The summed E-state index contributed by atoms with van der Waals surface area (Å²) in [5.41, 5.74) is 3.47. The smallest absolute Gasteiger partial charge is 0.158 e. The fourth-order valence-electron chi connectivity index (χ4n) is 6.02. The van der Waals surface area contributed by atoms with Crippen LogP contribution < -0.4 is 9.64 Å². The van der Waals surface area contributed by atoms with Gasteiger partial charge in [0.25, 0.3) is 0 Å². The van der Waals surface area contributed by atoms with Gasteiger partial charge in [0.1, 0.15) is 35.9 Å². The van der Waals surface area contributed by atoms with Crippen molar-refractivity contribution in [3.05, 3.63) is 33.7 Å². The summed E-state index contributed by atoms with van der Waals surface area (Å²) in [4.78, 5) is 2.71. The second-order valence-corrected chi connectivity index (χ2v) is 13.3. The molecule has 0 saturated heterocycles. The molecule has 0 unspecified atom stereocenters. The highest BCUT2D eigenvalue weighted by molar-refractivity contribution is 7.16. The number of aryl methyl sites for hydroxylation is 1. The van der Waals surface area contributed by atoms with Gasteiger partial charge in [-0.3, -0.25) is 0 Å². The zero-order chi connectivity index (χ0) is 36.3. The summed E-state index contributed by atoms with van der Waals surface area (Å²) in [5, 5.41) is 28.3. The number of azo groups is 1. The summed E-state index contributed by atoms with van der Waals surface area (Å²) >= 11 is 1.17. The maximum atomic E-state index is 9.61.